The SMILES string of the molecule is C=C(C)C(=O)OCCOC(N)=O.OCC(CO)(CO)CO. The first kappa shape index (κ1) is 21.6. The second kappa shape index (κ2) is 12.1. The summed E-state index contributed by atoms with van der Waals surface area (Å²) in [6, 6.07) is 0. The van der Waals surface area contributed by atoms with Crippen molar-refractivity contribution in [3.8, 4) is 0 Å². The molecule has 9 nitrogen and oxygen atoms in total. The minimum absolute atomic E-state index is 0.00532. The second-order valence-electron chi connectivity index (χ2n) is 4.22. The second-order valence-corrected chi connectivity index (χ2v) is 4.22. The minimum Gasteiger partial charge on any atom is -0.459 e. The standard InChI is InChI=1S/C7H11NO4.C5H12O4/c1-5(2)6(9)11-3-4-12-7(8)10;6-1-5(2-7,3-8)4-9/h1,3-4H2,2H3,(H2,8,10);6-9H,1-4H2. The van der Waals surface area contributed by atoms with E-state index in [1.165, 1.54) is 6.92 Å². The molecule has 0 heterocycles. The normalized spacial score (nSPS) is 10.1. The van der Waals surface area contributed by atoms with Crippen molar-refractivity contribution in [3.05, 3.63) is 12.2 Å². The Balaban J connectivity index is 0. The Kier molecular flexibility index (Phi) is 12.4. The van der Waals surface area contributed by atoms with Crippen LogP contribution in [0.1, 0.15) is 6.92 Å². The lowest BCUT2D eigenvalue weighted by molar-refractivity contribution is -0.139. The molecule has 21 heavy (non-hydrogen) atoms. The molecule has 0 fully saturated rings. The van der Waals surface area contributed by atoms with Crippen molar-refractivity contribution in [3.63, 3.8) is 0 Å². The lowest BCUT2D eigenvalue weighted by atomic mass is 9.93. The first-order valence-corrected chi connectivity index (χ1v) is 5.97. The molecule has 0 saturated carbocycles. The molecular formula is C12H23NO8. The van der Waals surface area contributed by atoms with E-state index in [-0.39, 0.29) is 13.2 Å². The maximum Gasteiger partial charge on any atom is 0.404 e. The highest BCUT2D eigenvalue weighted by Gasteiger charge is 2.26. The largest absolute Gasteiger partial charge is 0.459 e. The molecule has 0 aliphatic carbocycles. The van der Waals surface area contributed by atoms with Crippen molar-refractivity contribution in [2.24, 2.45) is 11.1 Å². The van der Waals surface area contributed by atoms with Crippen LogP contribution in [-0.4, -0.2) is 72.1 Å². The fourth-order valence-corrected chi connectivity index (χ4v) is 0.700. The number of nitrogens with two attached hydrogens (primary N) is 1. The zero-order valence-electron chi connectivity index (χ0n) is 11.9. The van der Waals surface area contributed by atoms with E-state index in [9.17, 15) is 9.59 Å². The van der Waals surface area contributed by atoms with E-state index >= 15 is 0 Å². The lowest BCUT2D eigenvalue weighted by Crippen LogP contribution is -2.37. The molecule has 124 valence electrons. The van der Waals surface area contributed by atoms with Gasteiger partial charge >= 0.3 is 12.1 Å². The summed E-state index contributed by atoms with van der Waals surface area (Å²) in [5.74, 6) is -0.511. The highest BCUT2D eigenvalue weighted by atomic mass is 16.6. The van der Waals surface area contributed by atoms with Gasteiger partial charge in [0.15, 0.2) is 0 Å². The topological polar surface area (TPSA) is 160 Å². The van der Waals surface area contributed by atoms with Gasteiger partial charge in [0.1, 0.15) is 13.2 Å². The first-order valence-electron chi connectivity index (χ1n) is 5.97. The van der Waals surface area contributed by atoms with Crippen molar-refractivity contribution < 1.29 is 39.5 Å². The summed E-state index contributed by atoms with van der Waals surface area (Å²) >= 11 is 0. The highest BCUT2D eigenvalue weighted by molar-refractivity contribution is 5.86. The zero-order chi connectivity index (χ0) is 16.9. The Hall–Kier alpha value is -1.68. The van der Waals surface area contributed by atoms with E-state index in [1.807, 2.05) is 0 Å². The molecule has 0 spiro atoms. The molecule has 0 radical (unpaired) electrons. The molecule has 0 atom stereocenters. The fraction of sp³-hybridized carbons (Fsp3) is 0.667. The van der Waals surface area contributed by atoms with Gasteiger partial charge < -0.3 is 35.6 Å². The summed E-state index contributed by atoms with van der Waals surface area (Å²) in [6.45, 7) is 3.22. The van der Waals surface area contributed by atoms with Gasteiger partial charge in [0.25, 0.3) is 0 Å². The van der Waals surface area contributed by atoms with Gasteiger partial charge in [-0.3, -0.25) is 0 Å². The van der Waals surface area contributed by atoms with E-state index in [0.717, 1.165) is 0 Å². The predicted molar refractivity (Wildman–Crippen MR) is 72.1 cm³/mol. The van der Waals surface area contributed by atoms with Crippen LogP contribution in [0.3, 0.4) is 0 Å². The molecule has 0 aromatic carbocycles. The van der Waals surface area contributed by atoms with Crippen LogP contribution in [0.2, 0.25) is 0 Å². The lowest BCUT2D eigenvalue weighted by Gasteiger charge is -2.23. The van der Waals surface area contributed by atoms with E-state index in [4.69, 9.17) is 20.4 Å². The quantitative estimate of drug-likeness (QED) is 0.198. The molecule has 0 saturated heterocycles. The molecule has 0 bridgehead atoms. The van der Waals surface area contributed by atoms with Crippen molar-refractivity contribution in [2.45, 2.75) is 6.92 Å². The van der Waals surface area contributed by atoms with Gasteiger partial charge in [-0.25, -0.2) is 9.59 Å². The summed E-state index contributed by atoms with van der Waals surface area (Å²) < 4.78 is 8.89. The molecule has 0 unspecified atom stereocenters. The molecule has 9 heteroatoms. The molecule has 6 N–H and O–H groups in total. The number of carbonyl (C=O) groups excluding carboxylic acids is 2. The Morgan fingerprint density at radius 2 is 1.38 bits per heavy atom. The van der Waals surface area contributed by atoms with Gasteiger partial charge in [0, 0.05) is 5.57 Å². The molecule has 0 aromatic rings. The third-order valence-electron chi connectivity index (χ3n) is 2.25. The van der Waals surface area contributed by atoms with Crippen LogP contribution < -0.4 is 5.73 Å². The number of rotatable bonds is 8. The Labute approximate surface area is 122 Å². The molecule has 0 rings (SSSR count). The number of hydrogen-bond acceptors (Lipinski definition) is 8. The van der Waals surface area contributed by atoms with Crippen molar-refractivity contribution in [1.29, 1.82) is 0 Å². The van der Waals surface area contributed by atoms with Crippen LogP contribution in [0, 0.1) is 5.41 Å². The Morgan fingerprint density at radius 3 is 1.62 bits per heavy atom. The summed E-state index contributed by atoms with van der Waals surface area (Å²) in [5, 5.41) is 34.0. The smallest absolute Gasteiger partial charge is 0.404 e. The van der Waals surface area contributed by atoms with Crippen LogP contribution in [0.25, 0.3) is 0 Å². The summed E-state index contributed by atoms with van der Waals surface area (Å²) in [5.41, 5.74) is 3.84. The van der Waals surface area contributed by atoms with E-state index in [2.05, 4.69) is 21.8 Å². The number of esters is 1. The number of aliphatic hydroxyl groups is 4. The van der Waals surface area contributed by atoms with Crippen LogP contribution in [0.15, 0.2) is 12.2 Å². The summed E-state index contributed by atoms with van der Waals surface area (Å²) in [4.78, 5) is 20.7. The number of primary amides is 1. The monoisotopic (exact) mass is 309 g/mol. The number of aliphatic hydroxyl groups excluding tert-OH is 4. The van der Waals surface area contributed by atoms with Gasteiger partial charge in [0.2, 0.25) is 0 Å². The van der Waals surface area contributed by atoms with E-state index < -0.39 is 43.9 Å². The molecule has 0 aromatic heterocycles. The number of ether oxygens (including phenoxy) is 2. The third kappa shape index (κ3) is 10.7. The van der Waals surface area contributed by atoms with E-state index in [0.29, 0.717) is 5.57 Å². The molecule has 1 amide bonds. The highest BCUT2D eigenvalue weighted by Crippen LogP contribution is 2.11. The average Bonchev–Trinajstić information content (AvgIpc) is 2.47. The predicted octanol–water partition coefficient (Wildman–Crippen LogP) is -1.86. The summed E-state index contributed by atoms with van der Waals surface area (Å²) in [6.07, 6.45) is -0.888. The Bertz CT molecular complexity index is 310. The average molecular weight is 309 g/mol. The van der Waals surface area contributed by atoms with Crippen LogP contribution in [0.4, 0.5) is 4.79 Å². The van der Waals surface area contributed by atoms with Crippen LogP contribution in [0.5, 0.6) is 0 Å². The number of carbonyl (C=O) groups is 2. The third-order valence-corrected chi connectivity index (χ3v) is 2.25. The Morgan fingerprint density at radius 1 is 1.00 bits per heavy atom. The van der Waals surface area contributed by atoms with Gasteiger partial charge in [-0.1, -0.05) is 6.58 Å². The van der Waals surface area contributed by atoms with Gasteiger partial charge in [0.05, 0.1) is 31.8 Å². The van der Waals surface area contributed by atoms with Gasteiger partial charge in [-0.05, 0) is 6.92 Å². The molecule has 0 aliphatic rings. The molecule has 0 aliphatic heterocycles. The fourth-order valence-electron chi connectivity index (χ4n) is 0.700. The maximum atomic E-state index is 10.7. The van der Waals surface area contributed by atoms with Crippen LogP contribution >= 0.6 is 0 Å². The zero-order valence-corrected chi connectivity index (χ0v) is 11.9. The van der Waals surface area contributed by atoms with Crippen molar-refractivity contribution >= 4 is 12.1 Å². The van der Waals surface area contributed by atoms with Gasteiger partial charge in [-0.2, -0.15) is 0 Å². The van der Waals surface area contributed by atoms with Crippen LogP contribution in [-0.2, 0) is 14.3 Å². The number of hydrogen-bond donors (Lipinski definition) is 5. The summed E-state index contributed by atoms with van der Waals surface area (Å²) in [7, 11) is 0. The van der Waals surface area contributed by atoms with Crippen molar-refractivity contribution in [2.75, 3.05) is 39.6 Å². The molecular weight excluding hydrogens is 286 g/mol. The number of amides is 1. The van der Waals surface area contributed by atoms with Crippen molar-refractivity contribution in [1.82, 2.24) is 0 Å². The van der Waals surface area contributed by atoms with E-state index in [1.54, 1.807) is 0 Å². The maximum absolute atomic E-state index is 10.7. The minimum atomic E-state index is -1.11. The van der Waals surface area contributed by atoms with Gasteiger partial charge in [-0.15, -0.1) is 0 Å². The first-order chi connectivity index (χ1) is 9.78.